The van der Waals surface area contributed by atoms with E-state index in [-0.39, 0.29) is 5.91 Å². The summed E-state index contributed by atoms with van der Waals surface area (Å²) in [6.45, 7) is 1.49. The molecule has 0 saturated heterocycles. The van der Waals surface area contributed by atoms with E-state index >= 15 is 0 Å². The lowest BCUT2D eigenvalue weighted by molar-refractivity contribution is -0.116. The van der Waals surface area contributed by atoms with E-state index in [1.54, 1.807) is 26.4 Å². The van der Waals surface area contributed by atoms with E-state index < -0.39 is 0 Å². The smallest absolute Gasteiger partial charge is 0.244 e. The van der Waals surface area contributed by atoms with Crippen molar-refractivity contribution < 1.29 is 14.3 Å². The van der Waals surface area contributed by atoms with E-state index in [0.717, 1.165) is 18.5 Å². The predicted octanol–water partition coefficient (Wildman–Crippen LogP) is 3.88. The van der Waals surface area contributed by atoms with Crippen molar-refractivity contribution in [2.45, 2.75) is 13.0 Å². The number of benzene rings is 2. The second kappa shape index (κ2) is 8.94. The van der Waals surface area contributed by atoms with Crippen molar-refractivity contribution in [3.05, 3.63) is 66.4 Å². The van der Waals surface area contributed by atoms with Crippen LogP contribution in [-0.4, -0.2) is 31.2 Å². The van der Waals surface area contributed by atoms with Gasteiger partial charge < -0.3 is 19.4 Å². The number of nitrogens with zero attached hydrogens (tertiary/aromatic N) is 1. The molecular formula is C22H24N2O3. The van der Waals surface area contributed by atoms with Crippen molar-refractivity contribution >= 4 is 22.9 Å². The standard InChI is InChI=1S/C22H24N2O3/c1-26-19-10-8-18(21(16-19)27-2)9-11-22(25)23-13-5-14-24-15-12-17-6-3-4-7-20(17)24/h3-4,6-12,15-16H,5,13-14H2,1-2H3,(H,23,25)/b11-9+. The Hall–Kier alpha value is -3.21. The Morgan fingerprint density at radius 1 is 1.11 bits per heavy atom. The summed E-state index contributed by atoms with van der Waals surface area (Å²) in [5.41, 5.74) is 2.04. The number of aromatic nitrogens is 1. The summed E-state index contributed by atoms with van der Waals surface area (Å²) in [4.78, 5) is 12.0. The van der Waals surface area contributed by atoms with Crippen LogP contribution in [-0.2, 0) is 11.3 Å². The summed E-state index contributed by atoms with van der Waals surface area (Å²) in [6.07, 6.45) is 6.22. The van der Waals surface area contributed by atoms with Crippen LogP contribution in [0.25, 0.3) is 17.0 Å². The Labute approximate surface area is 159 Å². The predicted molar refractivity (Wildman–Crippen MR) is 108 cm³/mol. The van der Waals surface area contributed by atoms with E-state index in [2.05, 4.69) is 34.3 Å². The van der Waals surface area contributed by atoms with Gasteiger partial charge in [0.15, 0.2) is 0 Å². The maximum atomic E-state index is 12.0. The summed E-state index contributed by atoms with van der Waals surface area (Å²) in [6, 6.07) is 15.9. The molecule has 5 nitrogen and oxygen atoms in total. The van der Waals surface area contributed by atoms with Gasteiger partial charge in [0.25, 0.3) is 0 Å². The molecule has 0 unspecified atom stereocenters. The van der Waals surface area contributed by atoms with Gasteiger partial charge in [0.2, 0.25) is 5.91 Å². The molecule has 0 aliphatic heterocycles. The van der Waals surface area contributed by atoms with Gasteiger partial charge in [-0.15, -0.1) is 0 Å². The maximum Gasteiger partial charge on any atom is 0.244 e. The lowest BCUT2D eigenvalue weighted by Gasteiger charge is -2.08. The molecule has 27 heavy (non-hydrogen) atoms. The Kier molecular flexibility index (Phi) is 6.15. The lowest BCUT2D eigenvalue weighted by Crippen LogP contribution is -2.23. The SMILES string of the molecule is COc1ccc(/C=C/C(=O)NCCCn2ccc3ccccc32)c(OC)c1. The van der Waals surface area contributed by atoms with Crippen molar-refractivity contribution in [2.75, 3.05) is 20.8 Å². The first-order chi connectivity index (χ1) is 13.2. The highest BCUT2D eigenvalue weighted by atomic mass is 16.5. The van der Waals surface area contributed by atoms with Gasteiger partial charge >= 0.3 is 0 Å². The van der Waals surface area contributed by atoms with E-state index in [1.165, 1.54) is 17.0 Å². The molecule has 0 aliphatic rings. The molecule has 0 atom stereocenters. The molecule has 0 spiro atoms. The van der Waals surface area contributed by atoms with Gasteiger partial charge in [0, 0.05) is 42.5 Å². The van der Waals surface area contributed by atoms with Crippen molar-refractivity contribution in [1.82, 2.24) is 9.88 Å². The van der Waals surface area contributed by atoms with Crippen LogP contribution in [0.2, 0.25) is 0 Å². The highest BCUT2D eigenvalue weighted by molar-refractivity contribution is 5.92. The Morgan fingerprint density at radius 3 is 2.78 bits per heavy atom. The number of para-hydroxylation sites is 1. The highest BCUT2D eigenvalue weighted by Gasteiger charge is 2.03. The maximum absolute atomic E-state index is 12.0. The number of ether oxygens (including phenoxy) is 2. The minimum Gasteiger partial charge on any atom is -0.497 e. The van der Waals surface area contributed by atoms with Crippen LogP contribution in [0.3, 0.4) is 0 Å². The van der Waals surface area contributed by atoms with Gasteiger partial charge in [0.05, 0.1) is 14.2 Å². The Bertz CT molecular complexity index is 944. The largest absolute Gasteiger partial charge is 0.497 e. The molecule has 1 heterocycles. The Balaban J connectivity index is 1.49. The first-order valence-corrected chi connectivity index (χ1v) is 8.93. The van der Waals surface area contributed by atoms with Crippen LogP contribution in [0.5, 0.6) is 11.5 Å². The van der Waals surface area contributed by atoms with E-state index in [9.17, 15) is 4.79 Å². The summed E-state index contributed by atoms with van der Waals surface area (Å²) in [5, 5.41) is 4.15. The average Bonchev–Trinajstić information content (AvgIpc) is 3.12. The number of nitrogens with one attached hydrogen (secondary N) is 1. The van der Waals surface area contributed by atoms with Gasteiger partial charge in [-0.2, -0.15) is 0 Å². The van der Waals surface area contributed by atoms with Gasteiger partial charge in [-0.3, -0.25) is 4.79 Å². The third kappa shape index (κ3) is 4.70. The number of aryl methyl sites for hydroxylation is 1. The molecule has 5 heteroatoms. The zero-order valence-electron chi connectivity index (χ0n) is 15.6. The van der Waals surface area contributed by atoms with E-state index in [4.69, 9.17) is 9.47 Å². The molecule has 1 amide bonds. The quantitative estimate of drug-likeness (QED) is 0.487. The van der Waals surface area contributed by atoms with Crippen LogP contribution >= 0.6 is 0 Å². The van der Waals surface area contributed by atoms with Gasteiger partial charge in [-0.1, -0.05) is 18.2 Å². The Morgan fingerprint density at radius 2 is 1.96 bits per heavy atom. The molecule has 1 aromatic heterocycles. The fourth-order valence-corrected chi connectivity index (χ4v) is 2.98. The zero-order chi connectivity index (χ0) is 19.1. The third-order valence-corrected chi connectivity index (χ3v) is 4.41. The number of methoxy groups -OCH3 is 2. The average molecular weight is 364 g/mol. The fraction of sp³-hybridized carbons (Fsp3) is 0.227. The minimum absolute atomic E-state index is 0.120. The fourth-order valence-electron chi connectivity index (χ4n) is 2.98. The highest BCUT2D eigenvalue weighted by Crippen LogP contribution is 2.25. The number of carbonyl (C=O) groups is 1. The van der Waals surface area contributed by atoms with Gasteiger partial charge in [-0.25, -0.2) is 0 Å². The second-order valence-corrected chi connectivity index (χ2v) is 6.15. The van der Waals surface area contributed by atoms with Crippen LogP contribution in [0, 0.1) is 0 Å². The normalized spacial score (nSPS) is 11.0. The van der Waals surface area contributed by atoms with Crippen LogP contribution in [0.4, 0.5) is 0 Å². The molecule has 0 fully saturated rings. The first kappa shape index (κ1) is 18.6. The summed E-state index contributed by atoms with van der Waals surface area (Å²) >= 11 is 0. The van der Waals surface area contributed by atoms with Crippen LogP contribution in [0.1, 0.15) is 12.0 Å². The molecule has 0 radical (unpaired) electrons. The monoisotopic (exact) mass is 364 g/mol. The summed E-state index contributed by atoms with van der Waals surface area (Å²) in [5.74, 6) is 1.26. The minimum atomic E-state index is -0.120. The van der Waals surface area contributed by atoms with Crippen molar-refractivity contribution in [2.24, 2.45) is 0 Å². The molecule has 0 saturated carbocycles. The van der Waals surface area contributed by atoms with Crippen LogP contribution < -0.4 is 14.8 Å². The number of carbonyl (C=O) groups excluding carboxylic acids is 1. The molecule has 140 valence electrons. The zero-order valence-corrected chi connectivity index (χ0v) is 15.6. The van der Waals surface area contributed by atoms with E-state index in [1.807, 2.05) is 24.3 Å². The molecule has 2 aromatic carbocycles. The topological polar surface area (TPSA) is 52.5 Å². The molecule has 1 N–H and O–H groups in total. The second-order valence-electron chi connectivity index (χ2n) is 6.15. The number of amides is 1. The number of hydrogen-bond acceptors (Lipinski definition) is 3. The van der Waals surface area contributed by atoms with Crippen LogP contribution in [0.15, 0.2) is 60.8 Å². The number of hydrogen-bond donors (Lipinski definition) is 1. The molecule has 3 aromatic rings. The van der Waals surface area contributed by atoms with Crippen molar-refractivity contribution in [3.63, 3.8) is 0 Å². The lowest BCUT2D eigenvalue weighted by atomic mass is 10.1. The number of fused-ring (bicyclic) bond motifs is 1. The van der Waals surface area contributed by atoms with Gasteiger partial charge in [-0.05, 0) is 42.1 Å². The van der Waals surface area contributed by atoms with Crippen molar-refractivity contribution in [1.29, 1.82) is 0 Å². The summed E-state index contributed by atoms with van der Waals surface area (Å²) in [7, 11) is 3.20. The third-order valence-electron chi connectivity index (χ3n) is 4.41. The van der Waals surface area contributed by atoms with E-state index in [0.29, 0.717) is 18.0 Å². The van der Waals surface area contributed by atoms with Gasteiger partial charge in [0.1, 0.15) is 11.5 Å². The molecule has 3 rings (SSSR count). The summed E-state index contributed by atoms with van der Waals surface area (Å²) < 4.78 is 12.7. The first-order valence-electron chi connectivity index (χ1n) is 8.93. The number of rotatable bonds is 8. The van der Waals surface area contributed by atoms with Crippen molar-refractivity contribution in [3.8, 4) is 11.5 Å². The molecular weight excluding hydrogens is 340 g/mol. The molecule has 0 aliphatic carbocycles. The molecule has 0 bridgehead atoms.